The maximum Gasteiger partial charge on any atom is 0.307 e. The molecule has 18 heavy (non-hydrogen) atoms. The van der Waals surface area contributed by atoms with Crippen molar-refractivity contribution in [2.75, 3.05) is 11.5 Å². The zero-order chi connectivity index (χ0) is 12.5. The van der Waals surface area contributed by atoms with Crippen LogP contribution in [0.5, 0.6) is 0 Å². The normalized spacial score (nSPS) is 27.1. The van der Waals surface area contributed by atoms with E-state index in [2.05, 4.69) is 15.7 Å². The van der Waals surface area contributed by atoms with E-state index in [0.717, 1.165) is 36.8 Å². The molecule has 0 bridgehead atoms. The third-order valence-corrected chi connectivity index (χ3v) is 5.16. The van der Waals surface area contributed by atoms with Gasteiger partial charge in [-0.2, -0.15) is 11.8 Å². The first-order valence-corrected chi connectivity index (χ1v) is 7.73. The summed E-state index contributed by atoms with van der Waals surface area (Å²) in [6, 6.07) is 0. The maximum atomic E-state index is 11.0. The van der Waals surface area contributed by atoms with E-state index in [1.807, 2.05) is 11.8 Å². The Bertz CT molecular complexity index is 452. The van der Waals surface area contributed by atoms with Crippen LogP contribution >= 0.6 is 11.8 Å². The monoisotopic (exact) mass is 266 g/mol. The summed E-state index contributed by atoms with van der Waals surface area (Å²) < 4.78 is 2.15. The van der Waals surface area contributed by atoms with Crippen LogP contribution in [0.25, 0.3) is 0 Å². The van der Waals surface area contributed by atoms with E-state index >= 15 is 0 Å². The Labute approximate surface area is 111 Å². The van der Waals surface area contributed by atoms with Crippen molar-refractivity contribution in [1.82, 2.24) is 9.55 Å². The molecule has 2 aliphatic rings. The number of imidazole rings is 1. The highest BCUT2D eigenvalue weighted by atomic mass is 32.2. The van der Waals surface area contributed by atoms with E-state index < -0.39 is 5.97 Å². The summed E-state index contributed by atoms with van der Waals surface area (Å²) in [5.74, 6) is 3.34. The fourth-order valence-corrected chi connectivity index (χ4v) is 4.12. The molecule has 1 N–H and O–H groups in total. The van der Waals surface area contributed by atoms with Gasteiger partial charge in [0.25, 0.3) is 0 Å². The Kier molecular flexibility index (Phi) is 3.33. The van der Waals surface area contributed by atoms with Gasteiger partial charge in [0, 0.05) is 19.2 Å². The zero-order valence-electron chi connectivity index (χ0n) is 10.3. The fourth-order valence-electron chi connectivity index (χ4n) is 2.84. The van der Waals surface area contributed by atoms with Crippen molar-refractivity contribution in [3.8, 4) is 0 Å². The van der Waals surface area contributed by atoms with Crippen LogP contribution in [0.4, 0.5) is 0 Å². The van der Waals surface area contributed by atoms with E-state index in [0.29, 0.717) is 6.42 Å². The van der Waals surface area contributed by atoms with Gasteiger partial charge in [-0.15, -0.1) is 0 Å². The van der Waals surface area contributed by atoms with Crippen LogP contribution < -0.4 is 0 Å². The molecule has 98 valence electrons. The highest BCUT2D eigenvalue weighted by Crippen LogP contribution is 2.27. The Balaban J connectivity index is 1.70. The molecular formula is C13H18N2O2S. The molecule has 3 rings (SSSR count). The van der Waals surface area contributed by atoms with Gasteiger partial charge < -0.3 is 9.67 Å². The molecule has 1 aromatic heterocycles. The molecule has 2 atom stereocenters. The number of carboxylic acids is 1. The number of thioether (sulfide) groups is 1. The summed E-state index contributed by atoms with van der Waals surface area (Å²) in [4.78, 5) is 15.6. The molecule has 0 spiro atoms. The number of carboxylic acid groups (broad SMARTS) is 1. The van der Waals surface area contributed by atoms with Crippen molar-refractivity contribution in [1.29, 1.82) is 0 Å². The number of aryl methyl sites for hydroxylation is 1. The minimum atomic E-state index is -0.682. The van der Waals surface area contributed by atoms with Gasteiger partial charge in [0.1, 0.15) is 5.82 Å². The minimum absolute atomic E-state index is 0.241. The summed E-state index contributed by atoms with van der Waals surface area (Å²) in [7, 11) is 0. The van der Waals surface area contributed by atoms with Gasteiger partial charge in [0.2, 0.25) is 0 Å². The summed E-state index contributed by atoms with van der Waals surface area (Å²) in [5.41, 5.74) is 1.16. The van der Waals surface area contributed by atoms with Gasteiger partial charge >= 0.3 is 5.97 Å². The molecule has 2 aliphatic heterocycles. The minimum Gasteiger partial charge on any atom is -0.481 e. The SMILES string of the molecule is O=C(O)C1CCn2cc(CC3CCSC3)nc2C1. The largest absolute Gasteiger partial charge is 0.481 e. The molecule has 1 aromatic rings. The summed E-state index contributed by atoms with van der Waals surface area (Å²) >= 11 is 2.03. The van der Waals surface area contributed by atoms with Crippen LogP contribution in [0.1, 0.15) is 24.4 Å². The van der Waals surface area contributed by atoms with Crippen LogP contribution in [0, 0.1) is 11.8 Å². The van der Waals surface area contributed by atoms with Crippen molar-refractivity contribution in [2.24, 2.45) is 11.8 Å². The van der Waals surface area contributed by atoms with Crippen LogP contribution in [-0.2, 0) is 24.2 Å². The van der Waals surface area contributed by atoms with E-state index in [9.17, 15) is 4.79 Å². The average Bonchev–Trinajstić information content (AvgIpc) is 2.96. The van der Waals surface area contributed by atoms with Gasteiger partial charge in [-0.25, -0.2) is 4.98 Å². The molecule has 0 radical (unpaired) electrons. The summed E-state index contributed by atoms with van der Waals surface area (Å²) in [5, 5.41) is 9.06. The highest BCUT2D eigenvalue weighted by molar-refractivity contribution is 7.99. The first kappa shape index (κ1) is 12.1. The van der Waals surface area contributed by atoms with Crippen molar-refractivity contribution >= 4 is 17.7 Å². The Morgan fingerprint density at radius 3 is 3.17 bits per heavy atom. The number of hydrogen-bond acceptors (Lipinski definition) is 3. The van der Waals surface area contributed by atoms with E-state index in [1.54, 1.807) is 0 Å². The lowest BCUT2D eigenvalue weighted by Crippen LogP contribution is -2.25. The predicted molar refractivity (Wildman–Crippen MR) is 70.8 cm³/mol. The maximum absolute atomic E-state index is 11.0. The Morgan fingerprint density at radius 2 is 2.44 bits per heavy atom. The molecule has 2 unspecified atom stereocenters. The van der Waals surface area contributed by atoms with E-state index in [4.69, 9.17) is 5.11 Å². The molecule has 3 heterocycles. The van der Waals surface area contributed by atoms with Crippen molar-refractivity contribution in [2.45, 2.75) is 32.2 Å². The summed E-state index contributed by atoms with van der Waals surface area (Å²) in [6.45, 7) is 0.804. The molecular weight excluding hydrogens is 248 g/mol. The van der Waals surface area contributed by atoms with Gasteiger partial charge in [-0.1, -0.05) is 0 Å². The smallest absolute Gasteiger partial charge is 0.307 e. The molecule has 0 saturated carbocycles. The number of rotatable bonds is 3. The van der Waals surface area contributed by atoms with Gasteiger partial charge in [-0.3, -0.25) is 4.79 Å². The number of aliphatic carboxylic acids is 1. The van der Waals surface area contributed by atoms with Gasteiger partial charge in [0.15, 0.2) is 0 Å². The second-order valence-electron chi connectivity index (χ2n) is 5.30. The van der Waals surface area contributed by atoms with Crippen molar-refractivity contribution in [3.63, 3.8) is 0 Å². The second kappa shape index (κ2) is 4.96. The molecule has 0 amide bonds. The third kappa shape index (κ3) is 2.41. The van der Waals surface area contributed by atoms with Crippen LogP contribution in [0.2, 0.25) is 0 Å². The number of fused-ring (bicyclic) bond motifs is 1. The Morgan fingerprint density at radius 1 is 1.56 bits per heavy atom. The number of carbonyl (C=O) groups is 1. The first-order valence-electron chi connectivity index (χ1n) is 6.58. The standard InChI is InChI=1S/C13H18N2O2S/c16-13(17)10-1-3-15-7-11(14-12(15)6-10)5-9-2-4-18-8-9/h7,9-10H,1-6,8H2,(H,16,17). The number of hydrogen-bond donors (Lipinski definition) is 1. The van der Waals surface area contributed by atoms with Crippen molar-refractivity contribution in [3.05, 3.63) is 17.7 Å². The van der Waals surface area contributed by atoms with Crippen LogP contribution in [0.15, 0.2) is 6.20 Å². The quantitative estimate of drug-likeness (QED) is 0.907. The zero-order valence-corrected chi connectivity index (χ0v) is 11.2. The van der Waals surface area contributed by atoms with E-state index in [-0.39, 0.29) is 5.92 Å². The molecule has 1 fully saturated rings. The van der Waals surface area contributed by atoms with Gasteiger partial charge in [0.05, 0.1) is 11.6 Å². The van der Waals surface area contributed by atoms with E-state index in [1.165, 1.54) is 17.9 Å². The van der Waals surface area contributed by atoms with Crippen LogP contribution in [-0.4, -0.2) is 32.1 Å². The highest BCUT2D eigenvalue weighted by Gasteiger charge is 2.26. The Hall–Kier alpha value is -0.970. The lowest BCUT2D eigenvalue weighted by Gasteiger charge is -2.19. The molecule has 5 heteroatoms. The first-order chi connectivity index (χ1) is 8.72. The molecule has 0 aliphatic carbocycles. The average molecular weight is 266 g/mol. The topological polar surface area (TPSA) is 55.1 Å². The molecule has 1 saturated heterocycles. The molecule has 0 aromatic carbocycles. The van der Waals surface area contributed by atoms with Gasteiger partial charge in [-0.05, 0) is 36.7 Å². The molecule has 4 nitrogen and oxygen atoms in total. The number of nitrogens with zero attached hydrogens (tertiary/aromatic N) is 2. The predicted octanol–water partition coefficient (Wildman–Crippen LogP) is 1.83. The van der Waals surface area contributed by atoms with Crippen molar-refractivity contribution < 1.29 is 9.90 Å². The second-order valence-corrected chi connectivity index (χ2v) is 6.45. The third-order valence-electron chi connectivity index (χ3n) is 3.93. The lowest BCUT2D eigenvalue weighted by atomic mass is 9.98. The lowest BCUT2D eigenvalue weighted by molar-refractivity contribution is -0.142. The fraction of sp³-hybridized carbons (Fsp3) is 0.692. The van der Waals surface area contributed by atoms with Crippen LogP contribution in [0.3, 0.4) is 0 Å². The summed E-state index contributed by atoms with van der Waals surface area (Å²) in [6.07, 6.45) is 5.82. The number of aromatic nitrogens is 2.